The number of rotatable bonds is 12. The van der Waals surface area contributed by atoms with Crippen LogP contribution < -0.4 is 19.5 Å². The lowest BCUT2D eigenvalue weighted by atomic mass is 10.1. The fourth-order valence-corrected chi connectivity index (χ4v) is 3.16. The number of benzene rings is 2. The largest absolute Gasteiger partial charge is 0.772 e. The van der Waals surface area contributed by atoms with Crippen LogP contribution in [0.3, 0.4) is 0 Å². The zero-order chi connectivity index (χ0) is 21.9. The summed E-state index contributed by atoms with van der Waals surface area (Å²) in [5, 5.41) is 3.30. The summed E-state index contributed by atoms with van der Waals surface area (Å²) in [5.74, 6) is 1.77. The SMILES string of the molecule is CCOc1cc(NC(=CCS(=O)[O-])c2ccc(OC)c(OCC)c2)ccc1COC. The molecule has 0 saturated carbocycles. The molecule has 0 aromatic heterocycles. The van der Waals surface area contributed by atoms with Crippen LogP contribution >= 0.6 is 0 Å². The van der Waals surface area contributed by atoms with E-state index in [9.17, 15) is 8.76 Å². The Hall–Kier alpha value is -2.55. The first-order chi connectivity index (χ1) is 14.5. The molecule has 0 bridgehead atoms. The van der Waals surface area contributed by atoms with Crippen LogP contribution in [-0.2, 0) is 22.4 Å². The second-order valence-electron chi connectivity index (χ2n) is 6.20. The van der Waals surface area contributed by atoms with Crippen molar-refractivity contribution >= 4 is 22.5 Å². The summed E-state index contributed by atoms with van der Waals surface area (Å²) in [6.45, 7) is 5.24. The Kier molecular flexibility index (Phi) is 9.66. The quantitative estimate of drug-likeness (QED) is 0.506. The zero-order valence-electron chi connectivity index (χ0n) is 17.7. The summed E-state index contributed by atoms with van der Waals surface area (Å²) in [6, 6.07) is 11.1. The summed E-state index contributed by atoms with van der Waals surface area (Å²) in [7, 11) is 3.20. The van der Waals surface area contributed by atoms with Crippen molar-refractivity contribution in [3.8, 4) is 17.2 Å². The van der Waals surface area contributed by atoms with Crippen LogP contribution in [-0.4, -0.2) is 41.9 Å². The summed E-state index contributed by atoms with van der Waals surface area (Å²) < 4.78 is 44.3. The number of hydrogen-bond acceptors (Lipinski definition) is 7. The van der Waals surface area contributed by atoms with Crippen LogP contribution in [0.25, 0.3) is 5.70 Å². The second-order valence-corrected chi connectivity index (χ2v) is 7.14. The molecule has 8 heteroatoms. The van der Waals surface area contributed by atoms with Gasteiger partial charge in [0.25, 0.3) is 0 Å². The first-order valence-electron chi connectivity index (χ1n) is 9.61. The van der Waals surface area contributed by atoms with Crippen molar-refractivity contribution in [1.29, 1.82) is 0 Å². The van der Waals surface area contributed by atoms with E-state index < -0.39 is 11.1 Å². The van der Waals surface area contributed by atoms with Gasteiger partial charge in [0.15, 0.2) is 11.5 Å². The molecule has 0 aliphatic heterocycles. The standard InChI is InChI=1S/C22H29NO6S/c1-5-28-21-14-18(9-7-17(21)15-26-3)23-19(11-12-30(24)25)16-8-10-20(27-4)22(13-16)29-6-2/h7-11,13-14,23H,5-6,12,15H2,1-4H3,(H,24,25)/p-1. The first-order valence-corrected chi connectivity index (χ1v) is 10.9. The molecule has 0 heterocycles. The molecule has 0 radical (unpaired) electrons. The van der Waals surface area contributed by atoms with Gasteiger partial charge in [0.05, 0.1) is 26.9 Å². The van der Waals surface area contributed by atoms with Crippen molar-refractivity contribution in [3.05, 3.63) is 53.6 Å². The minimum Gasteiger partial charge on any atom is -0.772 e. The Morgan fingerprint density at radius 3 is 2.40 bits per heavy atom. The highest BCUT2D eigenvalue weighted by molar-refractivity contribution is 7.79. The lowest BCUT2D eigenvalue weighted by Crippen LogP contribution is -2.05. The van der Waals surface area contributed by atoms with Gasteiger partial charge in [-0.3, -0.25) is 4.21 Å². The van der Waals surface area contributed by atoms with Crippen LogP contribution in [0, 0.1) is 0 Å². The average Bonchev–Trinajstić information content (AvgIpc) is 2.73. The van der Waals surface area contributed by atoms with Gasteiger partial charge < -0.3 is 28.8 Å². The van der Waals surface area contributed by atoms with Crippen molar-refractivity contribution in [2.24, 2.45) is 0 Å². The monoisotopic (exact) mass is 434 g/mol. The van der Waals surface area contributed by atoms with Gasteiger partial charge >= 0.3 is 0 Å². The third-order valence-corrected chi connectivity index (χ3v) is 4.58. The van der Waals surface area contributed by atoms with E-state index in [1.807, 2.05) is 44.2 Å². The Labute approximate surface area is 180 Å². The first kappa shape index (κ1) is 23.7. The summed E-state index contributed by atoms with van der Waals surface area (Å²) in [5.41, 5.74) is 3.09. The van der Waals surface area contributed by atoms with E-state index in [2.05, 4.69) is 5.32 Å². The Morgan fingerprint density at radius 2 is 1.77 bits per heavy atom. The predicted molar refractivity (Wildman–Crippen MR) is 118 cm³/mol. The van der Waals surface area contributed by atoms with Crippen molar-refractivity contribution < 1.29 is 27.7 Å². The number of nitrogens with one attached hydrogen (secondary N) is 1. The van der Waals surface area contributed by atoms with E-state index in [4.69, 9.17) is 18.9 Å². The maximum absolute atomic E-state index is 11.2. The van der Waals surface area contributed by atoms with Crippen LogP contribution in [0.5, 0.6) is 17.2 Å². The van der Waals surface area contributed by atoms with Gasteiger partial charge in [-0.2, -0.15) is 0 Å². The molecule has 0 spiro atoms. The maximum atomic E-state index is 11.2. The van der Waals surface area contributed by atoms with Crippen LogP contribution in [0.15, 0.2) is 42.5 Å². The predicted octanol–water partition coefficient (Wildman–Crippen LogP) is 3.97. The molecule has 0 saturated heterocycles. The fourth-order valence-electron chi connectivity index (χ4n) is 2.86. The third-order valence-electron chi connectivity index (χ3n) is 4.14. The van der Waals surface area contributed by atoms with Gasteiger partial charge in [0.2, 0.25) is 0 Å². The molecule has 0 amide bonds. The molecule has 0 fully saturated rings. The Bertz CT molecular complexity index is 884. The Morgan fingerprint density at radius 1 is 1.03 bits per heavy atom. The number of anilines is 1. The molecule has 2 aromatic rings. The van der Waals surface area contributed by atoms with Gasteiger partial charge in [-0.15, -0.1) is 0 Å². The Balaban J connectivity index is 2.41. The number of methoxy groups -OCH3 is 2. The fraction of sp³-hybridized carbons (Fsp3) is 0.364. The average molecular weight is 435 g/mol. The molecular weight excluding hydrogens is 406 g/mol. The van der Waals surface area contributed by atoms with Crippen molar-refractivity contribution in [1.82, 2.24) is 0 Å². The molecule has 30 heavy (non-hydrogen) atoms. The minimum atomic E-state index is -2.21. The molecule has 2 aromatic carbocycles. The van der Waals surface area contributed by atoms with Crippen molar-refractivity contribution in [2.45, 2.75) is 20.5 Å². The lowest BCUT2D eigenvalue weighted by molar-refractivity contribution is 0.180. The van der Waals surface area contributed by atoms with Crippen molar-refractivity contribution in [2.75, 3.05) is 38.5 Å². The van der Waals surface area contributed by atoms with Gasteiger partial charge in [0.1, 0.15) is 5.75 Å². The summed E-state index contributed by atoms with van der Waals surface area (Å²) >= 11 is -2.21. The van der Waals surface area contributed by atoms with E-state index in [-0.39, 0.29) is 5.75 Å². The lowest BCUT2D eigenvalue weighted by Gasteiger charge is -2.17. The van der Waals surface area contributed by atoms with Gasteiger partial charge in [-0.25, -0.2) is 0 Å². The summed E-state index contributed by atoms with van der Waals surface area (Å²) in [6.07, 6.45) is 1.62. The normalized spacial score (nSPS) is 12.4. The highest BCUT2D eigenvalue weighted by atomic mass is 32.2. The highest BCUT2D eigenvalue weighted by Gasteiger charge is 2.11. The van der Waals surface area contributed by atoms with E-state index in [0.717, 1.165) is 16.8 Å². The smallest absolute Gasteiger partial charge is 0.161 e. The minimum absolute atomic E-state index is 0.127. The molecule has 0 aliphatic rings. The third kappa shape index (κ3) is 6.76. The summed E-state index contributed by atoms with van der Waals surface area (Å²) in [4.78, 5) is 0. The van der Waals surface area contributed by atoms with Crippen LogP contribution in [0.2, 0.25) is 0 Å². The topological polar surface area (TPSA) is 89.1 Å². The molecule has 1 atom stereocenters. The van der Waals surface area contributed by atoms with Crippen LogP contribution in [0.1, 0.15) is 25.0 Å². The second kappa shape index (κ2) is 12.2. The molecule has 1 N–H and O–H groups in total. The van der Waals surface area contributed by atoms with Gasteiger partial charge in [0, 0.05) is 41.4 Å². The molecule has 1 unspecified atom stereocenters. The maximum Gasteiger partial charge on any atom is 0.161 e. The van der Waals surface area contributed by atoms with Gasteiger partial charge in [-0.1, -0.05) is 17.1 Å². The molecule has 7 nitrogen and oxygen atoms in total. The van der Waals surface area contributed by atoms with Gasteiger partial charge in [-0.05, 0) is 44.2 Å². The van der Waals surface area contributed by atoms with E-state index in [1.165, 1.54) is 0 Å². The number of hydrogen-bond donors (Lipinski definition) is 1. The highest BCUT2D eigenvalue weighted by Crippen LogP contribution is 2.32. The van der Waals surface area contributed by atoms with E-state index in [0.29, 0.717) is 42.8 Å². The zero-order valence-corrected chi connectivity index (χ0v) is 18.5. The molecule has 2 rings (SSSR count). The van der Waals surface area contributed by atoms with Crippen molar-refractivity contribution in [3.63, 3.8) is 0 Å². The van der Waals surface area contributed by atoms with E-state index >= 15 is 0 Å². The molecular formula is C22H28NO6S-. The number of ether oxygens (including phenoxy) is 4. The molecule has 0 aliphatic carbocycles. The van der Waals surface area contributed by atoms with E-state index in [1.54, 1.807) is 26.4 Å². The molecule has 164 valence electrons. The van der Waals surface area contributed by atoms with Crippen LogP contribution in [0.4, 0.5) is 5.69 Å².